The molecular weight excluding hydrogens is 439 g/mol. The quantitative estimate of drug-likeness (QED) is 0.334. The average Bonchev–Trinajstić information content (AvgIpc) is 3.16. The molecule has 0 aliphatic carbocycles. The molecule has 0 saturated heterocycles. The minimum Gasteiger partial charge on any atom is -0.469 e. The monoisotopic (exact) mass is 470 g/mol. The van der Waals surface area contributed by atoms with Crippen molar-refractivity contribution in [2.24, 2.45) is 4.99 Å². The molecule has 2 rings (SSSR count). The average molecular weight is 470 g/mol. The lowest BCUT2D eigenvalue weighted by Gasteiger charge is -2.20. The molecule has 1 heterocycles. The molecule has 0 atom stereocenters. The van der Waals surface area contributed by atoms with E-state index in [1.54, 1.807) is 13.3 Å². The van der Waals surface area contributed by atoms with Gasteiger partial charge in [-0.3, -0.25) is 9.89 Å². The molecule has 0 spiro atoms. The van der Waals surface area contributed by atoms with Crippen molar-refractivity contribution in [3.8, 4) is 0 Å². The number of hydrogen-bond acceptors (Lipinski definition) is 3. The number of nitrogens with zero attached hydrogens (tertiary/aromatic N) is 2. The topological polar surface area (TPSA) is 52.8 Å². The summed E-state index contributed by atoms with van der Waals surface area (Å²) in [6.45, 7) is 9.06. The van der Waals surface area contributed by atoms with Crippen LogP contribution >= 0.6 is 24.0 Å². The van der Waals surface area contributed by atoms with Gasteiger partial charge in [-0.25, -0.2) is 0 Å². The fraction of sp³-hybridized carbons (Fsp3) is 0.450. The van der Waals surface area contributed by atoms with Crippen molar-refractivity contribution in [3.05, 3.63) is 59.5 Å². The van der Waals surface area contributed by atoms with Gasteiger partial charge in [0, 0.05) is 33.1 Å². The molecule has 6 heteroatoms. The fourth-order valence-electron chi connectivity index (χ4n) is 2.73. The van der Waals surface area contributed by atoms with Gasteiger partial charge in [-0.1, -0.05) is 38.1 Å². The predicted octanol–water partition coefficient (Wildman–Crippen LogP) is 3.65. The van der Waals surface area contributed by atoms with Crippen LogP contribution in [0.5, 0.6) is 0 Å². The molecule has 1 aromatic heterocycles. The molecule has 1 aromatic carbocycles. The summed E-state index contributed by atoms with van der Waals surface area (Å²) in [6, 6.07) is 12.5. The van der Waals surface area contributed by atoms with Crippen molar-refractivity contribution in [1.82, 2.24) is 15.5 Å². The molecule has 0 aliphatic rings. The maximum Gasteiger partial charge on any atom is 0.191 e. The van der Waals surface area contributed by atoms with Crippen molar-refractivity contribution >= 4 is 29.9 Å². The second-order valence-corrected chi connectivity index (χ2v) is 5.91. The van der Waals surface area contributed by atoms with E-state index in [-0.39, 0.29) is 24.0 Å². The lowest BCUT2D eigenvalue weighted by atomic mass is 10.1. The molecule has 0 fully saturated rings. The van der Waals surface area contributed by atoms with Crippen LogP contribution in [0.1, 0.15) is 30.7 Å². The van der Waals surface area contributed by atoms with Gasteiger partial charge in [0.25, 0.3) is 0 Å². The van der Waals surface area contributed by atoms with Crippen LogP contribution in [0.2, 0.25) is 0 Å². The molecule has 2 N–H and O–H groups in total. The number of rotatable bonds is 9. The van der Waals surface area contributed by atoms with Gasteiger partial charge in [-0.15, -0.1) is 24.0 Å². The zero-order chi connectivity index (χ0) is 17.9. The lowest BCUT2D eigenvalue weighted by Crippen LogP contribution is -2.38. The van der Waals surface area contributed by atoms with Gasteiger partial charge in [0.1, 0.15) is 5.76 Å². The Balaban J connectivity index is 0.00000338. The molecule has 0 radical (unpaired) electrons. The van der Waals surface area contributed by atoms with Crippen molar-refractivity contribution < 1.29 is 4.42 Å². The van der Waals surface area contributed by atoms with Crippen LogP contribution in [0.3, 0.4) is 0 Å². The molecule has 0 amide bonds. The zero-order valence-corrected chi connectivity index (χ0v) is 18.3. The van der Waals surface area contributed by atoms with E-state index in [0.717, 1.165) is 50.9 Å². The molecule has 5 nitrogen and oxygen atoms in total. The third-order valence-corrected chi connectivity index (χ3v) is 4.32. The van der Waals surface area contributed by atoms with Gasteiger partial charge in [-0.2, -0.15) is 0 Å². The summed E-state index contributed by atoms with van der Waals surface area (Å²) in [5, 5.41) is 6.73. The molecule has 0 aliphatic heterocycles. The van der Waals surface area contributed by atoms with Gasteiger partial charge < -0.3 is 15.1 Å². The Bertz CT molecular complexity index is 639. The zero-order valence-electron chi connectivity index (χ0n) is 16.0. The smallest absolute Gasteiger partial charge is 0.191 e. The van der Waals surface area contributed by atoms with E-state index in [9.17, 15) is 0 Å². The number of hydrogen-bond donors (Lipinski definition) is 2. The Kier molecular flexibility index (Phi) is 11.0. The first-order chi connectivity index (χ1) is 12.3. The van der Waals surface area contributed by atoms with Crippen molar-refractivity contribution in [3.63, 3.8) is 0 Å². The highest BCUT2D eigenvalue weighted by molar-refractivity contribution is 14.0. The third-order valence-electron chi connectivity index (χ3n) is 4.32. The molecular formula is C20H31IN4O. The molecule has 0 saturated carbocycles. The Morgan fingerprint density at radius 2 is 1.77 bits per heavy atom. The van der Waals surface area contributed by atoms with E-state index in [0.29, 0.717) is 0 Å². The molecule has 2 aromatic rings. The summed E-state index contributed by atoms with van der Waals surface area (Å²) in [5.41, 5.74) is 2.67. The number of guanidine groups is 1. The minimum absolute atomic E-state index is 0. The van der Waals surface area contributed by atoms with Crippen LogP contribution < -0.4 is 10.6 Å². The second kappa shape index (κ2) is 12.8. The summed E-state index contributed by atoms with van der Waals surface area (Å²) in [5.74, 6) is 1.79. The van der Waals surface area contributed by atoms with Crippen LogP contribution in [0, 0.1) is 0 Å². The highest BCUT2D eigenvalue weighted by Gasteiger charge is 2.07. The van der Waals surface area contributed by atoms with Crippen LogP contribution in [0.4, 0.5) is 0 Å². The predicted molar refractivity (Wildman–Crippen MR) is 119 cm³/mol. The maximum atomic E-state index is 5.35. The van der Waals surface area contributed by atoms with E-state index >= 15 is 0 Å². The molecule has 0 bridgehead atoms. The number of furan rings is 1. The lowest BCUT2D eigenvalue weighted by molar-refractivity contribution is 0.295. The van der Waals surface area contributed by atoms with E-state index in [1.807, 2.05) is 12.1 Å². The summed E-state index contributed by atoms with van der Waals surface area (Å²) in [7, 11) is 1.80. The first-order valence-electron chi connectivity index (χ1n) is 9.02. The van der Waals surface area contributed by atoms with Crippen LogP contribution in [0.25, 0.3) is 0 Å². The van der Waals surface area contributed by atoms with Gasteiger partial charge in [0.2, 0.25) is 0 Å². The van der Waals surface area contributed by atoms with Crippen LogP contribution in [-0.2, 0) is 19.5 Å². The molecule has 144 valence electrons. The van der Waals surface area contributed by atoms with Gasteiger partial charge in [0.05, 0.1) is 6.26 Å². The van der Waals surface area contributed by atoms with Gasteiger partial charge in [-0.05, 0) is 36.3 Å². The van der Waals surface area contributed by atoms with Crippen molar-refractivity contribution in [2.75, 3.05) is 26.7 Å². The number of aliphatic imine (C=N–C) groups is 1. The number of halogens is 1. The standard InChI is InChI=1S/C20H30N4O.HI/c1-4-24(5-2)16-18-10-7-6-9-17(18)15-23-20(21-3)22-13-12-19-11-8-14-25-19;/h6-11,14H,4-5,12-13,15-16H2,1-3H3,(H2,21,22,23);1H. The Morgan fingerprint density at radius 1 is 1.04 bits per heavy atom. The van der Waals surface area contributed by atoms with Crippen molar-refractivity contribution in [1.29, 1.82) is 0 Å². The van der Waals surface area contributed by atoms with Crippen molar-refractivity contribution in [2.45, 2.75) is 33.4 Å². The number of benzene rings is 1. The SMILES string of the molecule is CCN(CC)Cc1ccccc1CNC(=NC)NCCc1ccco1.I. The van der Waals surface area contributed by atoms with E-state index in [1.165, 1.54) is 11.1 Å². The van der Waals surface area contributed by atoms with Crippen LogP contribution in [0.15, 0.2) is 52.1 Å². The summed E-state index contributed by atoms with van der Waals surface area (Å²) in [6.07, 6.45) is 2.54. The third kappa shape index (κ3) is 7.37. The first-order valence-corrected chi connectivity index (χ1v) is 9.02. The fourth-order valence-corrected chi connectivity index (χ4v) is 2.73. The van der Waals surface area contributed by atoms with E-state index < -0.39 is 0 Å². The Hall–Kier alpha value is -1.54. The Morgan fingerprint density at radius 3 is 2.38 bits per heavy atom. The maximum absolute atomic E-state index is 5.35. The second-order valence-electron chi connectivity index (χ2n) is 5.91. The molecule has 0 unspecified atom stereocenters. The molecule has 26 heavy (non-hydrogen) atoms. The summed E-state index contributed by atoms with van der Waals surface area (Å²) >= 11 is 0. The van der Waals surface area contributed by atoms with Crippen LogP contribution in [-0.4, -0.2) is 37.5 Å². The largest absolute Gasteiger partial charge is 0.469 e. The van der Waals surface area contributed by atoms with E-state index in [2.05, 4.69) is 58.6 Å². The van der Waals surface area contributed by atoms with Gasteiger partial charge in [0.15, 0.2) is 5.96 Å². The Labute approximate surface area is 174 Å². The highest BCUT2D eigenvalue weighted by Crippen LogP contribution is 2.11. The normalized spacial score (nSPS) is 11.3. The summed E-state index contributed by atoms with van der Waals surface area (Å²) < 4.78 is 5.35. The first kappa shape index (κ1) is 22.5. The highest BCUT2D eigenvalue weighted by atomic mass is 127. The minimum atomic E-state index is 0. The van der Waals surface area contributed by atoms with Gasteiger partial charge >= 0.3 is 0 Å². The summed E-state index contributed by atoms with van der Waals surface area (Å²) in [4.78, 5) is 6.72. The number of nitrogens with one attached hydrogen (secondary N) is 2. The van der Waals surface area contributed by atoms with E-state index in [4.69, 9.17) is 4.42 Å².